The smallest absolute Gasteiger partial charge is 0.227 e. The van der Waals surface area contributed by atoms with E-state index in [0.29, 0.717) is 31.4 Å². The van der Waals surface area contributed by atoms with Crippen LogP contribution in [0.2, 0.25) is 0 Å². The van der Waals surface area contributed by atoms with Crippen LogP contribution in [0.1, 0.15) is 60.4 Å². The van der Waals surface area contributed by atoms with Gasteiger partial charge in [-0.05, 0) is 60.2 Å². The number of para-hydroxylation sites is 2. The molecule has 5 heteroatoms. The van der Waals surface area contributed by atoms with E-state index in [1.54, 1.807) is 0 Å². The fourth-order valence-electron chi connectivity index (χ4n) is 5.91. The molecule has 2 atom stereocenters. The van der Waals surface area contributed by atoms with Gasteiger partial charge < -0.3 is 10.1 Å². The van der Waals surface area contributed by atoms with Gasteiger partial charge in [0.25, 0.3) is 0 Å². The number of nitrogens with zero attached hydrogens (tertiary/aromatic N) is 1. The lowest BCUT2D eigenvalue weighted by Gasteiger charge is -2.35. The molecule has 0 unspecified atom stereocenters. The highest BCUT2D eigenvalue weighted by Crippen LogP contribution is 2.47. The zero-order valence-corrected chi connectivity index (χ0v) is 23.5. The Morgan fingerprint density at radius 1 is 0.854 bits per heavy atom. The minimum Gasteiger partial charge on any atom is -0.489 e. The van der Waals surface area contributed by atoms with Crippen LogP contribution in [0, 0.1) is 6.92 Å². The van der Waals surface area contributed by atoms with Crippen molar-refractivity contribution in [3.8, 4) is 5.75 Å². The molecule has 0 aromatic heterocycles. The zero-order valence-electron chi connectivity index (χ0n) is 23.5. The second-order valence-electron chi connectivity index (χ2n) is 10.8. The molecule has 1 aliphatic carbocycles. The Hall–Kier alpha value is -4.64. The number of aryl methyl sites for hydroxylation is 1. The maximum atomic E-state index is 14.1. The van der Waals surface area contributed by atoms with E-state index >= 15 is 0 Å². The van der Waals surface area contributed by atoms with Crippen LogP contribution < -0.4 is 15.0 Å². The molecule has 1 N–H and O–H groups in total. The van der Waals surface area contributed by atoms with Gasteiger partial charge in [0, 0.05) is 24.1 Å². The summed E-state index contributed by atoms with van der Waals surface area (Å²) in [7, 11) is 0. The number of carbonyl (C=O) groups excluding carboxylic acids is 2. The Morgan fingerprint density at radius 3 is 2.27 bits per heavy atom. The molecule has 0 saturated carbocycles. The van der Waals surface area contributed by atoms with Crippen LogP contribution >= 0.6 is 0 Å². The van der Waals surface area contributed by atoms with Gasteiger partial charge >= 0.3 is 0 Å². The van der Waals surface area contributed by atoms with E-state index in [-0.39, 0.29) is 17.6 Å². The van der Waals surface area contributed by atoms with Crippen molar-refractivity contribution in [3.63, 3.8) is 0 Å². The Balaban J connectivity index is 1.41. The molecule has 4 aromatic rings. The van der Waals surface area contributed by atoms with E-state index in [2.05, 4.69) is 36.5 Å². The predicted octanol–water partition coefficient (Wildman–Crippen LogP) is 7.88. The molecule has 5 nitrogen and oxygen atoms in total. The van der Waals surface area contributed by atoms with Crippen molar-refractivity contribution in [2.75, 3.05) is 10.2 Å². The number of hydrogen-bond acceptors (Lipinski definition) is 4. The van der Waals surface area contributed by atoms with Crippen LogP contribution in [0.15, 0.2) is 114 Å². The molecule has 1 aliphatic heterocycles. The molecule has 2 aliphatic rings. The number of benzene rings is 4. The van der Waals surface area contributed by atoms with Gasteiger partial charge in [-0.1, -0.05) is 91.3 Å². The van der Waals surface area contributed by atoms with Crippen LogP contribution in [0.3, 0.4) is 0 Å². The third-order valence-electron chi connectivity index (χ3n) is 8.05. The van der Waals surface area contributed by atoms with Crippen molar-refractivity contribution in [2.24, 2.45) is 0 Å². The average Bonchev–Trinajstić information content (AvgIpc) is 3.15. The van der Waals surface area contributed by atoms with Gasteiger partial charge in [0.05, 0.1) is 17.4 Å². The zero-order chi connectivity index (χ0) is 28.3. The minimum atomic E-state index is -0.539. The van der Waals surface area contributed by atoms with Crippen molar-refractivity contribution in [1.82, 2.24) is 0 Å². The number of ether oxygens (including phenoxy) is 1. The van der Waals surface area contributed by atoms with Gasteiger partial charge in [-0.2, -0.15) is 0 Å². The molecule has 0 bridgehead atoms. The average molecular weight is 543 g/mol. The van der Waals surface area contributed by atoms with Crippen molar-refractivity contribution >= 4 is 23.1 Å². The van der Waals surface area contributed by atoms with Crippen LogP contribution in [0.4, 0.5) is 11.4 Å². The van der Waals surface area contributed by atoms with Crippen LogP contribution in [0.25, 0.3) is 0 Å². The third-order valence-corrected chi connectivity index (χ3v) is 8.05. The molecule has 4 aromatic carbocycles. The number of amides is 1. The molecule has 41 heavy (non-hydrogen) atoms. The van der Waals surface area contributed by atoms with E-state index in [0.717, 1.165) is 39.5 Å². The minimum absolute atomic E-state index is 0.0316. The molecule has 0 radical (unpaired) electrons. The van der Waals surface area contributed by atoms with Gasteiger partial charge in [-0.15, -0.1) is 0 Å². The van der Waals surface area contributed by atoms with Crippen molar-refractivity contribution < 1.29 is 14.3 Å². The van der Waals surface area contributed by atoms with E-state index in [9.17, 15) is 9.59 Å². The topological polar surface area (TPSA) is 58.6 Å². The summed E-state index contributed by atoms with van der Waals surface area (Å²) in [6.07, 6.45) is 1.43. The highest BCUT2D eigenvalue weighted by Gasteiger charge is 2.41. The molecule has 206 valence electrons. The first-order valence-corrected chi connectivity index (χ1v) is 14.3. The lowest BCUT2D eigenvalue weighted by molar-refractivity contribution is -0.119. The lowest BCUT2D eigenvalue weighted by Crippen LogP contribution is -2.38. The van der Waals surface area contributed by atoms with Gasteiger partial charge in [0.15, 0.2) is 5.78 Å². The summed E-state index contributed by atoms with van der Waals surface area (Å²) in [6.45, 7) is 4.41. The summed E-state index contributed by atoms with van der Waals surface area (Å²) in [5.41, 5.74) is 7.51. The molecule has 0 saturated heterocycles. The fourth-order valence-corrected chi connectivity index (χ4v) is 5.91. The first kappa shape index (κ1) is 26.6. The summed E-state index contributed by atoms with van der Waals surface area (Å²) < 4.78 is 6.04. The molecule has 0 fully saturated rings. The van der Waals surface area contributed by atoms with Gasteiger partial charge in [0.1, 0.15) is 12.4 Å². The number of allylic oxidation sites excluding steroid dienone is 1. The summed E-state index contributed by atoms with van der Waals surface area (Å²) in [5.74, 6) is 0.849. The second-order valence-corrected chi connectivity index (χ2v) is 10.8. The van der Waals surface area contributed by atoms with Crippen LogP contribution in [-0.4, -0.2) is 11.7 Å². The third kappa shape index (κ3) is 5.40. The van der Waals surface area contributed by atoms with Crippen molar-refractivity contribution in [2.45, 2.75) is 51.7 Å². The number of carbonyl (C=O) groups is 2. The largest absolute Gasteiger partial charge is 0.489 e. The number of Topliss-reactive ketones (excluding diaryl/α,β-unsaturated/α-hetero) is 1. The number of anilines is 2. The monoisotopic (exact) mass is 542 g/mol. The highest BCUT2D eigenvalue weighted by atomic mass is 16.5. The fraction of sp³-hybridized carbons (Fsp3) is 0.222. The quantitative estimate of drug-likeness (QED) is 0.269. The maximum Gasteiger partial charge on any atom is 0.227 e. The van der Waals surface area contributed by atoms with Gasteiger partial charge in [0.2, 0.25) is 5.91 Å². The van der Waals surface area contributed by atoms with E-state index in [1.807, 2.05) is 90.7 Å². The number of ketones is 1. The van der Waals surface area contributed by atoms with Crippen molar-refractivity contribution in [1.29, 1.82) is 0 Å². The van der Waals surface area contributed by atoms with Crippen LogP contribution in [0.5, 0.6) is 5.75 Å². The van der Waals surface area contributed by atoms with E-state index in [4.69, 9.17) is 4.74 Å². The number of hydrogen-bond donors (Lipinski definition) is 1. The summed E-state index contributed by atoms with van der Waals surface area (Å²) in [5, 5.41) is 3.60. The highest BCUT2D eigenvalue weighted by molar-refractivity contribution is 6.06. The second kappa shape index (κ2) is 11.5. The van der Waals surface area contributed by atoms with Gasteiger partial charge in [-0.3, -0.25) is 14.5 Å². The molecule has 0 spiro atoms. The lowest BCUT2D eigenvalue weighted by atomic mass is 9.78. The number of rotatable bonds is 6. The predicted molar refractivity (Wildman–Crippen MR) is 163 cm³/mol. The Kier molecular flexibility index (Phi) is 7.43. The van der Waals surface area contributed by atoms with Crippen molar-refractivity contribution in [3.05, 3.63) is 137 Å². The van der Waals surface area contributed by atoms with E-state index < -0.39 is 6.04 Å². The molecular weight excluding hydrogens is 508 g/mol. The normalized spacial score (nSPS) is 18.2. The number of nitrogens with one attached hydrogen (secondary N) is 1. The first-order valence-electron chi connectivity index (χ1n) is 14.3. The summed E-state index contributed by atoms with van der Waals surface area (Å²) >= 11 is 0. The van der Waals surface area contributed by atoms with Crippen LogP contribution in [-0.2, 0) is 16.2 Å². The summed E-state index contributed by atoms with van der Waals surface area (Å²) in [6, 6.07) is 33.6. The maximum absolute atomic E-state index is 14.1. The Morgan fingerprint density at radius 2 is 1.54 bits per heavy atom. The molecular formula is C36H34N2O3. The number of fused-ring (bicyclic) bond motifs is 1. The Labute approximate surface area is 241 Å². The first-order chi connectivity index (χ1) is 20.0. The summed E-state index contributed by atoms with van der Waals surface area (Å²) in [4.78, 5) is 29.5. The molecule has 6 rings (SSSR count). The van der Waals surface area contributed by atoms with Gasteiger partial charge in [-0.25, -0.2) is 0 Å². The van der Waals surface area contributed by atoms with E-state index in [1.165, 1.54) is 5.56 Å². The standard InChI is InChI=1S/C36H34N2O3/c1-3-34(40)38-32-12-8-7-11-30(32)37-31-21-28(26-15-13-24(2)14-16-26)22-33(39)35(31)36(38)27-17-19-29(20-18-27)41-23-25-9-5-4-6-10-25/h4-20,28,36-37H,3,21-23H2,1-2H3/t28-,36+/m0/s1. The Bertz CT molecular complexity index is 1590. The SMILES string of the molecule is CCC(=O)N1c2ccccc2NC2=C(C(=O)C[C@@H](c3ccc(C)cc3)C2)[C@H]1c1ccc(OCc2ccccc2)cc1. The molecule has 1 amide bonds. The molecule has 1 heterocycles.